The maximum atomic E-state index is 3.69. The molecule has 0 radical (unpaired) electrons. The summed E-state index contributed by atoms with van der Waals surface area (Å²) in [6, 6.07) is 10.7. The normalized spacial score (nSPS) is 32.7. The quantitative estimate of drug-likeness (QED) is 0.898. The molecule has 17 heavy (non-hydrogen) atoms. The lowest BCUT2D eigenvalue weighted by atomic mass is 9.98. The average molecular weight is 295 g/mol. The molecular weight excluding hydrogens is 276 g/mol. The third kappa shape index (κ3) is 2.36. The Morgan fingerprint density at radius 2 is 1.94 bits per heavy atom. The van der Waals surface area contributed by atoms with Crippen LogP contribution in [0.2, 0.25) is 0 Å². The Kier molecular flexibility index (Phi) is 3.14. The van der Waals surface area contributed by atoms with Gasteiger partial charge in [-0.25, -0.2) is 0 Å². The van der Waals surface area contributed by atoms with E-state index < -0.39 is 0 Å². The van der Waals surface area contributed by atoms with Gasteiger partial charge in [-0.2, -0.15) is 0 Å². The van der Waals surface area contributed by atoms with Crippen LogP contribution in [0.5, 0.6) is 0 Å². The molecule has 0 spiro atoms. The minimum absolute atomic E-state index is 0.651. The van der Waals surface area contributed by atoms with E-state index in [4.69, 9.17) is 0 Å². The van der Waals surface area contributed by atoms with E-state index in [-0.39, 0.29) is 0 Å². The zero-order valence-corrected chi connectivity index (χ0v) is 11.8. The molecule has 92 valence electrons. The van der Waals surface area contributed by atoms with Crippen LogP contribution in [0.4, 0.5) is 5.69 Å². The third-order valence-electron chi connectivity index (χ3n) is 4.29. The van der Waals surface area contributed by atoms with Crippen LogP contribution in [-0.4, -0.2) is 30.1 Å². The van der Waals surface area contributed by atoms with Crippen molar-refractivity contribution in [3.05, 3.63) is 28.7 Å². The third-order valence-corrected chi connectivity index (χ3v) is 4.79. The lowest BCUT2D eigenvalue weighted by molar-refractivity contribution is 0.169. The fourth-order valence-electron chi connectivity index (χ4n) is 3.34. The highest BCUT2D eigenvalue weighted by Gasteiger charge is 2.38. The summed E-state index contributed by atoms with van der Waals surface area (Å²) in [6.07, 6.45) is 5.36. The molecule has 0 aromatic heterocycles. The van der Waals surface area contributed by atoms with Crippen molar-refractivity contribution in [1.82, 2.24) is 4.90 Å². The number of hydrogen-bond donors (Lipinski definition) is 1. The minimum atomic E-state index is 0.651. The fraction of sp³-hybridized carbons (Fsp3) is 0.571. The van der Waals surface area contributed by atoms with Gasteiger partial charge in [0.05, 0.1) is 0 Å². The zero-order chi connectivity index (χ0) is 11.8. The van der Waals surface area contributed by atoms with E-state index in [2.05, 4.69) is 57.5 Å². The molecule has 0 amide bonds. The maximum Gasteiger partial charge on any atom is 0.0353 e. The van der Waals surface area contributed by atoms with Crippen LogP contribution in [0.15, 0.2) is 28.7 Å². The molecule has 2 aliphatic rings. The number of rotatable bonds is 2. The monoisotopic (exact) mass is 294 g/mol. The van der Waals surface area contributed by atoms with Crippen molar-refractivity contribution in [2.45, 2.75) is 43.8 Å². The number of nitrogens with one attached hydrogen (secondary N) is 1. The van der Waals surface area contributed by atoms with Gasteiger partial charge in [0.25, 0.3) is 0 Å². The van der Waals surface area contributed by atoms with Gasteiger partial charge in [0.1, 0.15) is 0 Å². The molecule has 2 fully saturated rings. The Morgan fingerprint density at radius 1 is 1.24 bits per heavy atom. The van der Waals surface area contributed by atoms with Gasteiger partial charge in [0.2, 0.25) is 0 Å². The van der Waals surface area contributed by atoms with Crippen molar-refractivity contribution >= 4 is 21.6 Å². The molecular formula is C14H19BrN2. The molecule has 2 heterocycles. The van der Waals surface area contributed by atoms with Gasteiger partial charge < -0.3 is 10.2 Å². The summed E-state index contributed by atoms with van der Waals surface area (Å²) in [7, 11) is 2.29. The van der Waals surface area contributed by atoms with Crippen LogP contribution >= 0.6 is 15.9 Å². The van der Waals surface area contributed by atoms with E-state index in [1.165, 1.54) is 31.4 Å². The number of hydrogen-bond acceptors (Lipinski definition) is 2. The maximum absolute atomic E-state index is 3.69. The number of halogens is 1. The van der Waals surface area contributed by atoms with Crippen molar-refractivity contribution in [3.8, 4) is 0 Å². The SMILES string of the molecule is CN1C2CCC1CC(Nc1cccc(Br)c1)C2. The highest BCUT2D eigenvalue weighted by Crippen LogP contribution is 2.35. The van der Waals surface area contributed by atoms with E-state index >= 15 is 0 Å². The second-order valence-corrected chi connectivity index (χ2v) is 6.29. The van der Waals surface area contributed by atoms with Gasteiger partial charge in [-0.3, -0.25) is 0 Å². The van der Waals surface area contributed by atoms with Crippen LogP contribution in [0.3, 0.4) is 0 Å². The number of nitrogens with zero attached hydrogens (tertiary/aromatic N) is 1. The van der Waals surface area contributed by atoms with Crippen molar-refractivity contribution in [1.29, 1.82) is 0 Å². The van der Waals surface area contributed by atoms with Gasteiger partial charge in [0.15, 0.2) is 0 Å². The molecule has 2 nitrogen and oxygen atoms in total. The lowest BCUT2D eigenvalue weighted by Crippen LogP contribution is -2.44. The lowest BCUT2D eigenvalue weighted by Gasteiger charge is -2.37. The van der Waals surface area contributed by atoms with Gasteiger partial charge in [0, 0.05) is 28.3 Å². The molecule has 1 aromatic carbocycles. The van der Waals surface area contributed by atoms with E-state index in [0.717, 1.165) is 16.6 Å². The van der Waals surface area contributed by atoms with Crippen LogP contribution in [-0.2, 0) is 0 Å². The fourth-order valence-corrected chi connectivity index (χ4v) is 3.74. The molecule has 2 atom stereocenters. The summed E-state index contributed by atoms with van der Waals surface area (Å²) in [5.74, 6) is 0. The Bertz CT molecular complexity index is 393. The van der Waals surface area contributed by atoms with Crippen LogP contribution in [0, 0.1) is 0 Å². The summed E-state index contributed by atoms with van der Waals surface area (Å²) < 4.78 is 1.15. The van der Waals surface area contributed by atoms with E-state index in [1.54, 1.807) is 0 Å². The molecule has 2 unspecified atom stereocenters. The average Bonchev–Trinajstić information content (AvgIpc) is 2.52. The van der Waals surface area contributed by atoms with Crippen molar-refractivity contribution in [2.24, 2.45) is 0 Å². The zero-order valence-electron chi connectivity index (χ0n) is 10.2. The molecule has 2 saturated heterocycles. The van der Waals surface area contributed by atoms with Crippen LogP contribution in [0.1, 0.15) is 25.7 Å². The van der Waals surface area contributed by atoms with Crippen LogP contribution in [0.25, 0.3) is 0 Å². The minimum Gasteiger partial charge on any atom is -0.382 e. The number of piperidine rings is 1. The Balaban J connectivity index is 1.67. The standard InChI is InChI=1S/C14H19BrN2/c1-17-13-5-6-14(17)9-12(8-13)16-11-4-2-3-10(15)7-11/h2-4,7,12-14,16H,5-6,8-9H2,1H3. The van der Waals surface area contributed by atoms with Crippen molar-refractivity contribution in [3.63, 3.8) is 0 Å². The van der Waals surface area contributed by atoms with Gasteiger partial charge >= 0.3 is 0 Å². The van der Waals surface area contributed by atoms with Crippen molar-refractivity contribution in [2.75, 3.05) is 12.4 Å². The summed E-state index contributed by atoms with van der Waals surface area (Å²) in [6.45, 7) is 0. The first kappa shape index (κ1) is 11.5. The predicted molar refractivity (Wildman–Crippen MR) is 75.4 cm³/mol. The van der Waals surface area contributed by atoms with E-state index in [9.17, 15) is 0 Å². The first-order valence-electron chi connectivity index (χ1n) is 6.46. The van der Waals surface area contributed by atoms with E-state index in [0.29, 0.717) is 6.04 Å². The largest absolute Gasteiger partial charge is 0.382 e. The highest BCUT2D eigenvalue weighted by atomic mass is 79.9. The van der Waals surface area contributed by atoms with E-state index in [1.807, 2.05) is 0 Å². The summed E-state index contributed by atoms with van der Waals surface area (Å²) in [4.78, 5) is 2.58. The molecule has 3 rings (SSSR count). The predicted octanol–water partition coefficient (Wildman–Crippen LogP) is 3.49. The van der Waals surface area contributed by atoms with Gasteiger partial charge in [-0.1, -0.05) is 22.0 Å². The molecule has 1 N–H and O–H groups in total. The first-order chi connectivity index (χ1) is 8.22. The molecule has 0 aliphatic carbocycles. The summed E-state index contributed by atoms with van der Waals surface area (Å²) >= 11 is 3.52. The smallest absolute Gasteiger partial charge is 0.0353 e. The summed E-state index contributed by atoms with van der Waals surface area (Å²) in [5, 5.41) is 3.69. The highest BCUT2D eigenvalue weighted by molar-refractivity contribution is 9.10. The Morgan fingerprint density at radius 3 is 2.59 bits per heavy atom. The van der Waals surface area contributed by atoms with Crippen LogP contribution < -0.4 is 5.32 Å². The molecule has 0 saturated carbocycles. The Labute approximate surface area is 112 Å². The molecule has 3 heteroatoms. The van der Waals surface area contributed by atoms with Crippen molar-refractivity contribution < 1.29 is 0 Å². The molecule has 2 bridgehead atoms. The Hall–Kier alpha value is -0.540. The first-order valence-corrected chi connectivity index (χ1v) is 7.26. The van der Waals surface area contributed by atoms with Gasteiger partial charge in [-0.05, 0) is 50.9 Å². The van der Waals surface area contributed by atoms with Gasteiger partial charge in [-0.15, -0.1) is 0 Å². The topological polar surface area (TPSA) is 15.3 Å². The second kappa shape index (κ2) is 4.62. The molecule has 2 aliphatic heterocycles. The molecule has 1 aromatic rings. The number of benzene rings is 1. The number of fused-ring (bicyclic) bond motifs is 2. The number of anilines is 1. The summed E-state index contributed by atoms with van der Waals surface area (Å²) in [5.41, 5.74) is 1.24. The second-order valence-electron chi connectivity index (χ2n) is 5.37.